The van der Waals surface area contributed by atoms with Crippen molar-refractivity contribution in [1.82, 2.24) is 0 Å². The standard InChI is InChI=1S/2C23H44O4.2C21H40O4/c1-3-4-5-6-7-8-9-10-11-12-13-14-15-18-22(23(25)26-2)19-16-17-20-27-21-24;1-3-4-5-6-7-8-9-10-11-12-13-14-15-17-22(20-23(25)26-2)18-16-19-27-21-24;1-2-3-4-5-6-7-8-9-10-11-12-13-14-16-20(21(23)24)17-15-18-25-19-22;1-2-3-4-5-6-7-8-9-10-11-12-13-14-15-20(18-21(23)24)16-17-25-19-22/h2*21-22H,3-20H2,1-2H3;2*19-20H,2-18H2,1H3,(H,23,24). The van der Waals surface area contributed by atoms with Crippen LogP contribution in [0.1, 0.15) is 451 Å². The van der Waals surface area contributed by atoms with E-state index in [4.69, 9.17) is 24.1 Å². The summed E-state index contributed by atoms with van der Waals surface area (Å²) in [6.07, 6.45) is 79.6. The van der Waals surface area contributed by atoms with Gasteiger partial charge in [-0.3, -0.25) is 38.4 Å². The molecule has 0 saturated carbocycles. The van der Waals surface area contributed by atoms with Gasteiger partial charge in [0.2, 0.25) is 0 Å². The maximum absolute atomic E-state index is 11.9. The van der Waals surface area contributed by atoms with Gasteiger partial charge in [0.25, 0.3) is 25.9 Å². The van der Waals surface area contributed by atoms with Crippen molar-refractivity contribution >= 4 is 49.8 Å². The van der Waals surface area contributed by atoms with Crippen LogP contribution in [0, 0.1) is 23.7 Å². The lowest BCUT2D eigenvalue weighted by atomic mass is 9.93. The molecule has 0 aliphatic rings. The molecular weight excluding hydrogens is 1310 g/mol. The molecule has 16 nitrogen and oxygen atoms in total. The Bertz CT molecular complexity index is 1770. The van der Waals surface area contributed by atoms with E-state index in [0.29, 0.717) is 83.9 Å². The summed E-state index contributed by atoms with van der Waals surface area (Å²) in [4.78, 5) is 86.0. The number of carboxylic acid groups (broad SMARTS) is 2. The van der Waals surface area contributed by atoms with Crippen molar-refractivity contribution in [2.24, 2.45) is 23.7 Å². The molecule has 0 fully saturated rings. The third kappa shape index (κ3) is 92.0. The van der Waals surface area contributed by atoms with Crippen molar-refractivity contribution in [2.75, 3.05) is 40.6 Å². The highest BCUT2D eigenvalue weighted by Crippen LogP contribution is 2.25. The third-order valence-corrected chi connectivity index (χ3v) is 20.4. The van der Waals surface area contributed by atoms with Crippen LogP contribution >= 0.6 is 0 Å². The second-order valence-electron chi connectivity index (χ2n) is 29.9. The minimum atomic E-state index is -0.759. The highest BCUT2D eigenvalue weighted by molar-refractivity contribution is 5.72. The summed E-state index contributed by atoms with van der Waals surface area (Å²) in [7, 11) is 2.91. The van der Waals surface area contributed by atoms with E-state index in [-0.39, 0.29) is 36.1 Å². The fraction of sp³-hybridized carbons (Fsp3) is 0.909. The summed E-state index contributed by atoms with van der Waals surface area (Å²) in [6.45, 7) is 12.4. The smallest absolute Gasteiger partial charge is 0.308 e. The largest absolute Gasteiger partial charge is 0.481 e. The molecule has 4 unspecified atom stereocenters. The van der Waals surface area contributed by atoms with Crippen molar-refractivity contribution in [2.45, 2.75) is 451 Å². The Kier molecular flexibility index (Phi) is 96.8. The normalized spacial score (nSPS) is 12.0. The molecule has 616 valence electrons. The van der Waals surface area contributed by atoms with Crippen LogP contribution in [0.2, 0.25) is 0 Å². The van der Waals surface area contributed by atoms with Gasteiger partial charge < -0.3 is 38.6 Å². The molecule has 0 spiro atoms. The number of hydrogen-bond acceptors (Lipinski definition) is 14. The van der Waals surface area contributed by atoms with Gasteiger partial charge in [0.05, 0.1) is 52.5 Å². The summed E-state index contributed by atoms with van der Waals surface area (Å²) in [5.74, 6) is -1.51. The molecule has 0 radical (unpaired) electrons. The molecule has 0 aliphatic carbocycles. The summed E-state index contributed by atoms with van der Waals surface area (Å²) < 4.78 is 28.5. The van der Waals surface area contributed by atoms with Gasteiger partial charge in [0.15, 0.2) is 0 Å². The van der Waals surface area contributed by atoms with Gasteiger partial charge in [-0.15, -0.1) is 0 Å². The van der Waals surface area contributed by atoms with Gasteiger partial charge in [-0.2, -0.15) is 0 Å². The van der Waals surface area contributed by atoms with Crippen LogP contribution in [0.3, 0.4) is 0 Å². The Labute approximate surface area is 639 Å². The topological polar surface area (TPSA) is 232 Å². The number of esters is 2. The Morgan fingerprint density at radius 3 is 0.769 bits per heavy atom. The molecule has 4 atom stereocenters. The first-order valence-corrected chi connectivity index (χ1v) is 43.7. The van der Waals surface area contributed by atoms with Crippen LogP contribution in [-0.4, -0.2) is 101 Å². The molecule has 0 aromatic rings. The summed E-state index contributed by atoms with van der Waals surface area (Å²) in [5, 5.41) is 18.1. The number of rotatable bonds is 82. The van der Waals surface area contributed by atoms with Crippen LogP contribution in [-0.2, 0) is 66.8 Å². The number of carbonyl (C=O) groups is 8. The SMILES string of the molecule is CCCCCCCCCCCCCCCC(CCCCOC=O)C(=O)OC.CCCCCCCCCCCCCCCC(CCCOC=O)C(=O)O.CCCCCCCCCCCCCCCC(CCCOC=O)CC(=O)OC.CCCCCCCCCCCCCCCC(CCOC=O)CC(=O)O. The van der Waals surface area contributed by atoms with Gasteiger partial charge in [0.1, 0.15) is 0 Å². The first-order valence-electron chi connectivity index (χ1n) is 43.7. The van der Waals surface area contributed by atoms with E-state index in [1.54, 1.807) is 0 Å². The Balaban J connectivity index is -0.000000641. The van der Waals surface area contributed by atoms with E-state index in [2.05, 4.69) is 37.2 Å². The highest BCUT2D eigenvalue weighted by atomic mass is 16.5. The van der Waals surface area contributed by atoms with E-state index >= 15 is 0 Å². The Hall–Kier alpha value is -4.24. The number of ether oxygens (including phenoxy) is 6. The van der Waals surface area contributed by atoms with Gasteiger partial charge >= 0.3 is 23.9 Å². The van der Waals surface area contributed by atoms with E-state index in [1.807, 2.05) is 0 Å². The van der Waals surface area contributed by atoms with Crippen LogP contribution in [0.5, 0.6) is 0 Å². The zero-order valence-corrected chi connectivity index (χ0v) is 68.7. The molecule has 0 rings (SSSR count). The predicted octanol–water partition coefficient (Wildman–Crippen LogP) is 25.4. The quantitative estimate of drug-likeness (QED) is 0.0249. The van der Waals surface area contributed by atoms with Gasteiger partial charge in [-0.05, 0) is 88.9 Å². The lowest BCUT2D eigenvalue weighted by Crippen LogP contribution is -2.16. The van der Waals surface area contributed by atoms with Crippen LogP contribution < -0.4 is 0 Å². The van der Waals surface area contributed by atoms with Crippen molar-refractivity contribution in [3.63, 3.8) is 0 Å². The molecule has 16 heteroatoms. The fourth-order valence-corrected chi connectivity index (χ4v) is 13.8. The minimum absolute atomic E-state index is 0.000982. The zero-order chi connectivity index (χ0) is 77.2. The van der Waals surface area contributed by atoms with Gasteiger partial charge in [-0.25, -0.2) is 0 Å². The minimum Gasteiger partial charge on any atom is -0.481 e. The lowest BCUT2D eigenvalue weighted by molar-refractivity contribution is -0.146. The average Bonchev–Trinajstić information content (AvgIpc) is 1.06. The summed E-state index contributed by atoms with van der Waals surface area (Å²) in [5.41, 5.74) is 0. The first kappa shape index (κ1) is 106. The van der Waals surface area contributed by atoms with Crippen LogP contribution in [0.25, 0.3) is 0 Å². The molecule has 0 aromatic heterocycles. The van der Waals surface area contributed by atoms with Crippen molar-refractivity contribution in [3.05, 3.63) is 0 Å². The second-order valence-corrected chi connectivity index (χ2v) is 29.9. The monoisotopic (exact) mass is 1480 g/mol. The molecule has 0 amide bonds. The molecule has 0 aromatic carbocycles. The molecular formula is C88H168O16. The average molecular weight is 1480 g/mol. The number of hydrogen-bond donors (Lipinski definition) is 2. The van der Waals surface area contributed by atoms with E-state index in [0.717, 1.165) is 83.5 Å². The number of methoxy groups -OCH3 is 2. The van der Waals surface area contributed by atoms with E-state index in [9.17, 15) is 43.5 Å². The highest BCUT2D eigenvalue weighted by Gasteiger charge is 2.20. The van der Waals surface area contributed by atoms with Gasteiger partial charge in [0, 0.05) is 12.8 Å². The predicted molar refractivity (Wildman–Crippen MR) is 429 cm³/mol. The summed E-state index contributed by atoms with van der Waals surface area (Å²) >= 11 is 0. The molecule has 2 N–H and O–H groups in total. The molecule has 0 saturated heterocycles. The number of carboxylic acids is 2. The lowest BCUT2D eigenvalue weighted by Gasteiger charge is -2.15. The molecule has 0 heterocycles. The molecule has 0 bridgehead atoms. The van der Waals surface area contributed by atoms with Crippen LogP contribution in [0.4, 0.5) is 0 Å². The summed E-state index contributed by atoms with van der Waals surface area (Å²) in [6, 6.07) is 0. The fourth-order valence-electron chi connectivity index (χ4n) is 13.8. The maximum Gasteiger partial charge on any atom is 0.308 e. The Morgan fingerprint density at radius 1 is 0.260 bits per heavy atom. The first-order chi connectivity index (χ1) is 50.9. The third-order valence-electron chi connectivity index (χ3n) is 20.4. The van der Waals surface area contributed by atoms with E-state index < -0.39 is 11.9 Å². The van der Waals surface area contributed by atoms with E-state index in [1.165, 1.54) is 322 Å². The zero-order valence-electron chi connectivity index (χ0n) is 68.7. The maximum atomic E-state index is 11.9. The van der Waals surface area contributed by atoms with Crippen molar-refractivity contribution in [3.8, 4) is 0 Å². The van der Waals surface area contributed by atoms with Gasteiger partial charge in [-0.1, -0.05) is 362 Å². The molecule has 104 heavy (non-hydrogen) atoms. The number of aliphatic carboxylic acids is 2. The number of carbonyl (C=O) groups excluding carboxylic acids is 6. The molecule has 0 aliphatic heterocycles. The number of unbranched alkanes of at least 4 members (excludes halogenated alkanes) is 49. The second kappa shape index (κ2) is 94.8. The van der Waals surface area contributed by atoms with Crippen molar-refractivity contribution < 1.29 is 77.0 Å². The Morgan fingerprint density at radius 2 is 0.490 bits per heavy atom. The van der Waals surface area contributed by atoms with Crippen LogP contribution in [0.15, 0.2) is 0 Å². The van der Waals surface area contributed by atoms with Crippen molar-refractivity contribution in [1.29, 1.82) is 0 Å².